The average molecular weight is 943 g/mol. The maximum Gasteiger partial charge on any atom is 0.342 e. The molecule has 0 saturated carbocycles. The number of benzene rings is 2. The second-order valence-electron chi connectivity index (χ2n) is 18.3. The molecule has 4 N–H and O–H groups in total. The van der Waals surface area contributed by atoms with Crippen molar-refractivity contribution in [3.05, 3.63) is 55.6 Å². The molecule has 0 aliphatic carbocycles. The standard InChI is InChI=1S/C24H42NO6PSi.C20H34NO6PSi/c1-8-19-18(4)21-17-29-24(26)22(21)23(28-14-16-33(5,6)7)20(19)11-12-25-13-15-32(27,30-9-2)31-10-3;1-6-15-14(2)17-13-27-20(22)18(17)19(26-10-12-29(3,4)5)16(15)7-8-21-9-11-28(23,24)25/h25H,8-17H2,1-7H3;21H,6-13H2,1-5H3,(H2,23,24,25). The van der Waals surface area contributed by atoms with Crippen LogP contribution in [-0.2, 0) is 66.5 Å². The number of ether oxygens (including phenoxy) is 4. The van der Waals surface area contributed by atoms with Gasteiger partial charge in [0.2, 0.25) is 0 Å². The van der Waals surface area contributed by atoms with Gasteiger partial charge in [-0.05, 0) is 112 Å². The Kier molecular flexibility index (Phi) is 21.1. The predicted molar refractivity (Wildman–Crippen MR) is 252 cm³/mol. The molecule has 0 unspecified atom stereocenters. The fourth-order valence-electron chi connectivity index (χ4n) is 7.65. The van der Waals surface area contributed by atoms with Gasteiger partial charge in [-0.2, -0.15) is 0 Å². The van der Waals surface area contributed by atoms with Gasteiger partial charge in [-0.3, -0.25) is 9.13 Å². The Hall–Kier alpha value is -2.37. The summed E-state index contributed by atoms with van der Waals surface area (Å²) in [5, 5.41) is 6.46. The molecule has 2 aromatic rings. The van der Waals surface area contributed by atoms with E-state index in [0.717, 1.165) is 58.3 Å². The summed E-state index contributed by atoms with van der Waals surface area (Å²) in [7, 11) is -9.62. The van der Waals surface area contributed by atoms with Gasteiger partial charge in [-0.15, -0.1) is 0 Å². The van der Waals surface area contributed by atoms with Crippen molar-refractivity contribution in [2.75, 3.05) is 64.9 Å². The summed E-state index contributed by atoms with van der Waals surface area (Å²) in [5.41, 5.74) is 9.73. The van der Waals surface area contributed by atoms with Crippen LogP contribution in [0.2, 0.25) is 51.4 Å². The molecule has 0 radical (unpaired) electrons. The van der Waals surface area contributed by atoms with E-state index in [-0.39, 0.29) is 31.3 Å². The first-order valence-electron chi connectivity index (χ1n) is 22.3. The van der Waals surface area contributed by atoms with Crippen molar-refractivity contribution >= 4 is 43.3 Å². The number of carbonyl (C=O) groups is 2. The molecule has 2 heterocycles. The van der Waals surface area contributed by atoms with E-state index in [2.05, 4.69) is 70.7 Å². The van der Waals surface area contributed by atoms with Gasteiger partial charge in [0.1, 0.15) is 35.8 Å². The van der Waals surface area contributed by atoms with Crippen LogP contribution in [0, 0.1) is 13.8 Å². The highest BCUT2D eigenvalue weighted by Gasteiger charge is 2.34. The van der Waals surface area contributed by atoms with Crippen molar-refractivity contribution in [2.45, 2.75) is 132 Å². The van der Waals surface area contributed by atoms with Crippen LogP contribution in [-0.4, -0.2) is 103 Å². The zero-order valence-corrected chi connectivity index (χ0v) is 43.4. The molecule has 0 fully saturated rings. The lowest BCUT2D eigenvalue weighted by molar-refractivity contribution is 0.0522. The van der Waals surface area contributed by atoms with E-state index < -0.39 is 31.3 Å². The molecule has 0 saturated heterocycles. The van der Waals surface area contributed by atoms with E-state index in [1.165, 1.54) is 11.1 Å². The van der Waals surface area contributed by atoms with Crippen LogP contribution in [0.1, 0.15) is 92.9 Å². The van der Waals surface area contributed by atoms with Crippen molar-refractivity contribution in [2.24, 2.45) is 0 Å². The van der Waals surface area contributed by atoms with Crippen molar-refractivity contribution in [1.82, 2.24) is 10.6 Å². The molecule has 18 heteroatoms. The SMILES string of the molecule is CCOP(=O)(CCNCCc1c(CC)c(C)c2c(c1OCC[Si](C)(C)C)C(=O)OC2)OCC.CCc1c(C)c2c(c(OCC[Si](C)(C)C)c1CCNCCP(=O)(O)O)C(=O)OC2. The summed E-state index contributed by atoms with van der Waals surface area (Å²) in [6, 6.07) is 2.01. The molecule has 0 amide bonds. The maximum atomic E-state index is 12.7. The average Bonchev–Trinajstić information content (AvgIpc) is 3.75. The largest absolute Gasteiger partial charge is 0.493 e. The summed E-state index contributed by atoms with van der Waals surface area (Å²) in [5.74, 6) is 0.719. The Morgan fingerprint density at radius 3 is 1.34 bits per heavy atom. The number of rotatable bonds is 26. The molecule has 4 rings (SSSR count). The monoisotopic (exact) mass is 942 g/mol. The Bertz CT molecular complexity index is 1930. The van der Waals surface area contributed by atoms with Crippen LogP contribution >= 0.6 is 15.2 Å². The number of esters is 2. The van der Waals surface area contributed by atoms with Gasteiger partial charge in [0, 0.05) is 40.4 Å². The topological polar surface area (TPSA) is 188 Å². The minimum atomic E-state index is -4.01. The number of hydrogen-bond donors (Lipinski definition) is 4. The van der Waals surface area contributed by atoms with Crippen LogP contribution in [0.5, 0.6) is 11.5 Å². The Balaban J connectivity index is 0.000000333. The van der Waals surface area contributed by atoms with E-state index in [1.807, 2.05) is 20.8 Å². The van der Waals surface area contributed by atoms with E-state index in [1.54, 1.807) is 0 Å². The zero-order valence-electron chi connectivity index (χ0n) is 39.6. The maximum absolute atomic E-state index is 12.7. The van der Waals surface area contributed by atoms with E-state index in [0.29, 0.717) is 94.3 Å². The van der Waals surface area contributed by atoms with E-state index >= 15 is 0 Å². The fraction of sp³-hybridized carbons (Fsp3) is 0.682. The van der Waals surface area contributed by atoms with Crippen LogP contribution < -0.4 is 20.1 Å². The number of carbonyl (C=O) groups excluding carboxylic acids is 2. The summed E-state index contributed by atoms with van der Waals surface area (Å²) >= 11 is 0. The molecule has 2 aliphatic rings. The van der Waals surface area contributed by atoms with E-state index in [9.17, 15) is 18.7 Å². The summed E-state index contributed by atoms with van der Waals surface area (Å²) in [6.07, 6.45) is 3.13. The number of cyclic esters (lactones) is 2. The molecule has 0 bridgehead atoms. The van der Waals surface area contributed by atoms with Gasteiger partial charge >= 0.3 is 27.1 Å². The lowest BCUT2D eigenvalue weighted by Gasteiger charge is -2.22. The first-order chi connectivity index (χ1) is 29.0. The Morgan fingerprint density at radius 1 is 0.613 bits per heavy atom. The fourth-order valence-corrected chi connectivity index (χ4v) is 11.1. The molecule has 62 heavy (non-hydrogen) atoms. The summed E-state index contributed by atoms with van der Waals surface area (Å²) < 4.78 is 57.6. The van der Waals surface area contributed by atoms with Crippen LogP contribution in [0.25, 0.3) is 0 Å². The molecular formula is C44H76N2O12P2Si2. The number of nitrogens with one attached hydrogen (secondary N) is 2. The lowest BCUT2D eigenvalue weighted by Crippen LogP contribution is -2.24. The number of hydrogen-bond acceptors (Lipinski definition) is 12. The van der Waals surface area contributed by atoms with Crippen molar-refractivity contribution < 1.29 is 56.5 Å². The lowest BCUT2D eigenvalue weighted by atomic mass is 9.89. The molecule has 0 aromatic heterocycles. The first-order valence-corrected chi connectivity index (χ1v) is 33.2. The second kappa shape index (κ2) is 24.2. The Labute approximate surface area is 373 Å². The van der Waals surface area contributed by atoms with Crippen LogP contribution in [0.15, 0.2) is 0 Å². The zero-order chi connectivity index (χ0) is 46.5. The molecular weight excluding hydrogens is 867 g/mol. The quantitative estimate of drug-likeness (QED) is 0.0304. The second-order valence-corrected chi connectivity index (χ2v) is 33.5. The highest BCUT2D eigenvalue weighted by molar-refractivity contribution is 7.53. The van der Waals surface area contributed by atoms with Gasteiger partial charge in [0.25, 0.3) is 0 Å². The molecule has 0 atom stereocenters. The van der Waals surface area contributed by atoms with Gasteiger partial charge in [0.05, 0.1) is 38.8 Å². The molecule has 2 aliphatic heterocycles. The van der Waals surface area contributed by atoms with Crippen molar-refractivity contribution in [3.8, 4) is 11.5 Å². The third kappa shape index (κ3) is 16.0. The number of fused-ring (bicyclic) bond motifs is 2. The highest BCUT2D eigenvalue weighted by atomic mass is 31.2. The summed E-state index contributed by atoms with van der Waals surface area (Å²) in [6.45, 7) is 30.2. The van der Waals surface area contributed by atoms with Crippen LogP contribution in [0.4, 0.5) is 0 Å². The third-order valence-corrected chi connectivity index (χ3v) is 17.3. The minimum Gasteiger partial charge on any atom is -0.493 e. The first kappa shape index (κ1) is 54.0. The predicted octanol–water partition coefficient (Wildman–Crippen LogP) is 8.60. The van der Waals surface area contributed by atoms with E-state index in [4.69, 9.17) is 37.8 Å². The van der Waals surface area contributed by atoms with Crippen molar-refractivity contribution in [3.63, 3.8) is 0 Å². The Morgan fingerprint density at radius 2 is 1.00 bits per heavy atom. The van der Waals surface area contributed by atoms with Crippen molar-refractivity contribution in [1.29, 1.82) is 0 Å². The third-order valence-electron chi connectivity index (χ3n) is 11.1. The molecule has 2 aromatic carbocycles. The highest BCUT2D eigenvalue weighted by Crippen LogP contribution is 2.47. The van der Waals surface area contributed by atoms with Crippen LogP contribution in [0.3, 0.4) is 0 Å². The smallest absolute Gasteiger partial charge is 0.342 e. The summed E-state index contributed by atoms with van der Waals surface area (Å²) in [4.78, 5) is 43.0. The van der Waals surface area contributed by atoms with Gasteiger partial charge in [0.15, 0.2) is 0 Å². The molecule has 352 valence electrons. The van der Waals surface area contributed by atoms with Gasteiger partial charge < -0.3 is 48.4 Å². The molecule has 0 spiro atoms. The molecule has 14 nitrogen and oxygen atoms in total. The normalized spacial score (nSPS) is 14.0. The minimum absolute atomic E-state index is 0.192. The van der Waals surface area contributed by atoms with Gasteiger partial charge in [-0.25, -0.2) is 9.59 Å². The van der Waals surface area contributed by atoms with Gasteiger partial charge in [-0.1, -0.05) is 53.1 Å².